The van der Waals surface area contributed by atoms with Gasteiger partial charge < -0.3 is 4.74 Å². The lowest BCUT2D eigenvalue weighted by molar-refractivity contribution is 0.0667. The van der Waals surface area contributed by atoms with Crippen LogP contribution >= 0.6 is 0 Å². The van der Waals surface area contributed by atoms with E-state index in [9.17, 15) is 18.0 Å². The van der Waals surface area contributed by atoms with Crippen molar-refractivity contribution in [1.29, 1.82) is 0 Å². The van der Waals surface area contributed by atoms with Crippen molar-refractivity contribution in [2.75, 3.05) is 0 Å². The van der Waals surface area contributed by atoms with Crippen LogP contribution in [0.3, 0.4) is 0 Å². The zero-order valence-corrected chi connectivity index (χ0v) is 12.8. The molecule has 0 bridgehead atoms. The molecule has 124 valence electrons. The summed E-state index contributed by atoms with van der Waals surface area (Å²) in [5.74, 6) is -2.63. The molecule has 2 aromatic carbocycles. The Hall–Kier alpha value is -2.30. The maximum absolute atomic E-state index is 13.3. The smallest absolute Gasteiger partial charge is 0.288 e. The number of aldehydes is 1. The Labute approximate surface area is 137 Å². The molecule has 2 nitrogen and oxygen atoms in total. The molecule has 0 radical (unpaired) electrons. The number of carbonyl (C=O) groups is 1. The van der Waals surface area contributed by atoms with Crippen LogP contribution in [0.15, 0.2) is 36.4 Å². The minimum atomic E-state index is -2.82. The van der Waals surface area contributed by atoms with Crippen LogP contribution in [-0.4, -0.2) is 18.3 Å². The maximum Gasteiger partial charge on any atom is 0.288 e. The number of alkyl halides is 2. The van der Waals surface area contributed by atoms with E-state index in [0.29, 0.717) is 23.0 Å². The monoisotopic (exact) mass is 332 g/mol. The predicted molar refractivity (Wildman–Crippen MR) is 83.2 cm³/mol. The molecule has 2 fully saturated rings. The molecule has 4 rings (SSSR count). The fraction of sp³-hybridized carbons (Fsp3) is 0.316. The second-order valence-corrected chi connectivity index (χ2v) is 6.45. The summed E-state index contributed by atoms with van der Waals surface area (Å²) in [5.41, 5.74) is 2.70. The van der Waals surface area contributed by atoms with Crippen LogP contribution in [0.5, 0.6) is 5.75 Å². The average molecular weight is 332 g/mol. The SMILES string of the molecule is O=Cc1cc(OC2CC2(F)F)c(-c2ccc(F)cc2)c(C2CC2)c1. The van der Waals surface area contributed by atoms with E-state index in [1.807, 2.05) is 0 Å². The molecular weight excluding hydrogens is 317 g/mol. The van der Waals surface area contributed by atoms with Crippen molar-refractivity contribution >= 4 is 6.29 Å². The van der Waals surface area contributed by atoms with Gasteiger partial charge >= 0.3 is 0 Å². The highest BCUT2D eigenvalue weighted by Crippen LogP contribution is 2.51. The van der Waals surface area contributed by atoms with Crippen LogP contribution in [0.2, 0.25) is 0 Å². The van der Waals surface area contributed by atoms with Crippen LogP contribution in [0.1, 0.15) is 41.1 Å². The van der Waals surface area contributed by atoms with Crippen molar-refractivity contribution in [3.05, 3.63) is 53.3 Å². The zero-order valence-electron chi connectivity index (χ0n) is 12.8. The van der Waals surface area contributed by atoms with Gasteiger partial charge in [-0.15, -0.1) is 0 Å². The largest absolute Gasteiger partial charge is 0.483 e. The Morgan fingerprint density at radius 2 is 1.79 bits per heavy atom. The van der Waals surface area contributed by atoms with Crippen molar-refractivity contribution in [2.24, 2.45) is 0 Å². The Kier molecular flexibility index (Phi) is 3.41. The van der Waals surface area contributed by atoms with Crippen molar-refractivity contribution in [3.63, 3.8) is 0 Å². The fourth-order valence-corrected chi connectivity index (χ4v) is 2.93. The maximum atomic E-state index is 13.3. The molecule has 0 heterocycles. The molecule has 5 heteroatoms. The van der Waals surface area contributed by atoms with Crippen molar-refractivity contribution in [2.45, 2.75) is 37.2 Å². The molecule has 2 aliphatic rings. The first-order valence-corrected chi connectivity index (χ1v) is 7.91. The zero-order chi connectivity index (χ0) is 16.9. The molecule has 1 atom stereocenters. The third kappa shape index (κ3) is 2.79. The average Bonchev–Trinajstić information content (AvgIpc) is 3.46. The lowest BCUT2D eigenvalue weighted by Gasteiger charge is -2.17. The Morgan fingerprint density at radius 3 is 2.33 bits per heavy atom. The van der Waals surface area contributed by atoms with Gasteiger partial charge in [0.2, 0.25) is 0 Å². The van der Waals surface area contributed by atoms with Gasteiger partial charge in [-0.05, 0) is 54.2 Å². The van der Waals surface area contributed by atoms with E-state index >= 15 is 0 Å². The van der Waals surface area contributed by atoms with Gasteiger partial charge in [0, 0.05) is 11.1 Å². The number of hydrogen-bond donors (Lipinski definition) is 0. The molecule has 0 N–H and O–H groups in total. The van der Waals surface area contributed by atoms with E-state index < -0.39 is 12.0 Å². The molecule has 1 unspecified atom stereocenters. The fourth-order valence-electron chi connectivity index (χ4n) is 2.93. The number of carbonyl (C=O) groups excluding carboxylic acids is 1. The van der Waals surface area contributed by atoms with Gasteiger partial charge in [-0.2, -0.15) is 0 Å². The van der Waals surface area contributed by atoms with Gasteiger partial charge in [-0.3, -0.25) is 4.79 Å². The second-order valence-electron chi connectivity index (χ2n) is 6.45. The molecular formula is C19H15F3O2. The first-order valence-electron chi connectivity index (χ1n) is 7.91. The van der Waals surface area contributed by atoms with E-state index in [1.54, 1.807) is 18.2 Å². The van der Waals surface area contributed by atoms with Gasteiger partial charge in [-0.25, -0.2) is 13.2 Å². The van der Waals surface area contributed by atoms with Crippen LogP contribution in [0, 0.1) is 5.82 Å². The Bertz CT molecular complexity index is 795. The molecule has 2 aromatic rings. The van der Waals surface area contributed by atoms with Gasteiger partial charge in [-0.1, -0.05) is 12.1 Å². The van der Waals surface area contributed by atoms with Gasteiger partial charge in [0.05, 0.1) is 6.42 Å². The minimum absolute atomic E-state index is 0.273. The number of halogens is 3. The van der Waals surface area contributed by atoms with E-state index in [0.717, 1.165) is 18.4 Å². The normalized spacial score (nSPS) is 21.4. The molecule has 0 amide bonds. The number of benzene rings is 2. The molecule has 0 aliphatic heterocycles. The first-order chi connectivity index (χ1) is 11.5. The van der Waals surface area contributed by atoms with Gasteiger partial charge in [0.1, 0.15) is 17.9 Å². The van der Waals surface area contributed by atoms with Gasteiger partial charge in [0.25, 0.3) is 5.92 Å². The molecule has 0 aromatic heterocycles. The summed E-state index contributed by atoms with van der Waals surface area (Å²) < 4.78 is 45.3. The van der Waals surface area contributed by atoms with Crippen LogP contribution in [-0.2, 0) is 0 Å². The minimum Gasteiger partial charge on any atom is -0.483 e. The molecule has 0 spiro atoms. The molecule has 24 heavy (non-hydrogen) atoms. The lowest BCUT2D eigenvalue weighted by atomic mass is 9.93. The summed E-state index contributed by atoms with van der Waals surface area (Å²) in [7, 11) is 0. The number of hydrogen-bond acceptors (Lipinski definition) is 2. The number of ether oxygens (including phenoxy) is 1. The van der Waals surface area contributed by atoms with E-state index in [4.69, 9.17) is 4.74 Å². The molecule has 0 saturated heterocycles. The van der Waals surface area contributed by atoms with Crippen molar-refractivity contribution < 1.29 is 22.7 Å². The predicted octanol–water partition coefficient (Wildman–Crippen LogP) is 4.97. The third-order valence-electron chi connectivity index (χ3n) is 4.48. The first kappa shape index (κ1) is 15.2. The Morgan fingerprint density at radius 1 is 1.12 bits per heavy atom. The highest BCUT2D eigenvalue weighted by molar-refractivity contribution is 5.83. The standard InChI is InChI=1S/C19H15F3O2/c20-14-5-3-13(4-6-14)18-15(12-1-2-12)7-11(10-23)8-16(18)24-17-9-19(17,21)22/h3-8,10,12,17H,1-2,9H2. The summed E-state index contributed by atoms with van der Waals surface area (Å²) in [5, 5.41) is 0. The van der Waals surface area contributed by atoms with Crippen LogP contribution in [0.4, 0.5) is 13.2 Å². The summed E-state index contributed by atoms with van der Waals surface area (Å²) in [6.07, 6.45) is 1.18. The van der Waals surface area contributed by atoms with Crippen LogP contribution in [0.25, 0.3) is 11.1 Å². The summed E-state index contributed by atoms with van der Waals surface area (Å²) in [6.45, 7) is 0. The Balaban J connectivity index is 1.84. The van der Waals surface area contributed by atoms with Crippen molar-refractivity contribution in [1.82, 2.24) is 0 Å². The quantitative estimate of drug-likeness (QED) is 0.723. The van der Waals surface area contributed by atoms with E-state index in [-0.39, 0.29) is 23.9 Å². The second kappa shape index (κ2) is 5.36. The highest BCUT2D eigenvalue weighted by Gasteiger charge is 2.60. The van der Waals surface area contributed by atoms with E-state index in [2.05, 4.69) is 0 Å². The van der Waals surface area contributed by atoms with E-state index in [1.165, 1.54) is 18.2 Å². The van der Waals surface area contributed by atoms with Crippen molar-refractivity contribution in [3.8, 4) is 16.9 Å². The number of rotatable bonds is 5. The topological polar surface area (TPSA) is 26.3 Å². The summed E-state index contributed by atoms with van der Waals surface area (Å²) in [4.78, 5) is 11.2. The summed E-state index contributed by atoms with van der Waals surface area (Å²) >= 11 is 0. The summed E-state index contributed by atoms with van der Waals surface area (Å²) in [6, 6.07) is 9.14. The molecule has 2 aliphatic carbocycles. The lowest BCUT2D eigenvalue weighted by Crippen LogP contribution is -2.09. The highest BCUT2D eigenvalue weighted by atomic mass is 19.3. The van der Waals surface area contributed by atoms with Gasteiger partial charge in [0.15, 0.2) is 6.10 Å². The van der Waals surface area contributed by atoms with Crippen LogP contribution < -0.4 is 4.74 Å². The third-order valence-corrected chi connectivity index (χ3v) is 4.48. The molecule has 2 saturated carbocycles.